The van der Waals surface area contributed by atoms with E-state index in [1.54, 1.807) is 11.8 Å². The van der Waals surface area contributed by atoms with E-state index in [4.69, 9.17) is 0 Å². The van der Waals surface area contributed by atoms with Crippen molar-refractivity contribution < 1.29 is 9.59 Å². The third-order valence-electron chi connectivity index (χ3n) is 3.69. The summed E-state index contributed by atoms with van der Waals surface area (Å²) < 4.78 is 0. The number of benzene rings is 1. The molecule has 1 saturated heterocycles. The average Bonchev–Trinajstić information content (AvgIpc) is 2.42. The van der Waals surface area contributed by atoms with Crippen LogP contribution in [0, 0.1) is 0 Å². The van der Waals surface area contributed by atoms with Gasteiger partial charge in [0.05, 0.1) is 0 Å². The van der Waals surface area contributed by atoms with Crippen molar-refractivity contribution >= 4 is 11.8 Å². The molecule has 0 bridgehead atoms. The molecule has 0 spiro atoms. The van der Waals surface area contributed by atoms with Crippen LogP contribution in [0.25, 0.3) is 0 Å². The van der Waals surface area contributed by atoms with Gasteiger partial charge in [-0.15, -0.1) is 0 Å². The van der Waals surface area contributed by atoms with Crippen molar-refractivity contribution in [3.8, 4) is 0 Å². The third kappa shape index (κ3) is 2.48. The Bertz CT molecular complexity index is 472. The standard InChI is InChI=1S/C15H20N2O2/c1-4-10(2)17-13(12-8-6-5-7-9-12)14(18)16-11(3)15(17)19/h5-11,13H,4H2,1-3H3,(H,16,18). The lowest BCUT2D eigenvalue weighted by Gasteiger charge is -2.41. The summed E-state index contributed by atoms with van der Waals surface area (Å²) >= 11 is 0. The minimum absolute atomic E-state index is 0.0113. The molecule has 0 aliphatic carbocycles. The van der Waals surface area contributed by atoms with Crippen LogP contribution in [-0.4, -0.2) is 28.8 Å². The second kappa shape index (κ2) is 5.43. The molecule has 1 aromatic rings. The van der Waals surface area contributed by atoms with Gasteiger partial charge in [-0.25, -0.2) is 0 Å². The zero-order chi connectivity index (χ0) is 14.0. The van der Waals surface area contributed by atoms with E-state index in [0.29, 0.717) is 0 Å². The molecule has 102 valence electrons. The summed E-state index contributed by atoms with van der Waals surface area (Å²) in [7, 11) is 0. The lowest BCUT2D eigenvalue weighted by molar-refractivity contribution is -0.151. The maximum Gasteiger partial charge on any atom is 0.248 e. The van der Waals surface area contributed by atoms with Crippen molar-refractivity contribution in [2.24, 2.45) is 0 Å². The molecule has 1 fully saturated rings. The molecule has 4 heteroatoms. The molecule has 0 saturated carbocycles. The zero-order valence-corrected chi connectivity index (χ0v) is 11.6. The Morgan fingerprint density at radius 2 is 1.89 bits per heavy atom. The molecule has 1 heterocycles. The van der Waals surface area contributed by atoms with Gasteiger partial charge in [0.15, 0.2) is 0 Å². The van der Waals surface area contributed by atoms with Crippen LogP contribution in [-0.2, 0) is 9.59 Å². The summed E-state index contributed by atoms with van der Waals surface area (Å²) in [5.74, 6) is -0.110. The number of carbonyl (C=O) groups is 2. The highest BCUT2D eigenvalue weighted by Crippen LogP contribution is 2.28. The van der Waals surface area contributed by atoms with E-state index < -0.39 is 12.1 Å². The minimum atomic E-state index is -0.514. The molecule has 1 N–H and O–H groups in total. The molecule has 1 aliphatic rings. The van der Waals surface area contributed by atoms with Crippen LogP contribution >= 0.6 is 0 Å². The molecule has 2 amide bonds. The molecule has 0 radical (unpaired) electrons. The monoisotopic (exact) mass is 260 g/mol. The van der Waals surface area contributed by atoms with Crippen molar-refractivity contribution in [2.45, 2.75) is 45.3 Å². The molecular weight excluding hydrogens is 240 g/mol. The summed E-state index contributed by atoms with van der Waals surface area (Å²) in [4.78, 5) is 26.4. The number of rotatable bonds is 3. The first-order valence-electron chi connectivity index (χ1n) is 6.73. The molecule has 0 aromatic heterocycles. The van der Waals surface area contributed by atoms with Gasteiger partial charge in [0.2, 0.25) is 11.8 Å². The number of nitrogens with one attached hydrogen (secondary N) is 1. The SMILES string of the molecule is CCC(C)N1C(=O)C(C)NC(=O)C1c1ccccc1. The third-order valence-corrected chi connectivity index (χ3v) is 3.69. The molecule has 4 nitrogen and oxygen atoms in total. The Labute approximate surface area is 113 Å². The van der Waals surface area contributed by atoms with Crippen LogP contribution in [0.2, 0.25) is 0 Å². The fourth-order valence-electron chi connectivity index (χ4n) is 2.45. The summed E-state index contributed by atoms with van der Waals surface area (Å²) in [5, 5.41) is 2.76. The van der Waals surface area contributed by atoms with Crippen LogP contribution in [0.1, 0.15) is 38.8 Å². The number of piperazine rings is 1. The Balaban J connectivity index is 2.42. The Morgan fingerprint density at radius 1 is 1.26 bits per heavy atom. The number of carbonyl (C=O) groups excluding carboxylic acids is 2. The highest BCUT2D eigenvalue weighted by Gasteiger charge is 2.41. The van der Waals surface area contributed by atoms with Crippen molar-refractivity contribution in [1.82, 2.24) is 10.2 Å². The van der Waals surface area contributed by atoms with E-state index in [0.717, 1.165) is 12.0 Å². The van der Waals surface area contributed by atoms with E-state index in [-0.39, 0.29) is 17.9 Å². The van der Waals surface area contributed by atoms with Crippen molar-refractivity contribution in [2.75, 3.05) is 0 Å². The first-order chi connectivity index (χ1) is 9.06. The fraction of sp³-hybridized carbons (Fsp3) is 0.467. The Hall–Kier alpha value is -1.84. The number of hydrogen-bond acceptors (Lipinski definition) is 2. The van der Waals surface area contributed by atoms with Crippen molar-refractivity contribution in [3.63, 3.8) is 0 Å². The molecule has 2 rings (SSSR count). The Kier molecular flexibility index (Phi) is 3.88. The largest absolute Gasteiger partial charge is 0.342 e. The van der Waals surface area contributed by atoms with Crippen LogP contribution in [0.5, 0.6) is 0 Å². The van der Waals surface area contributed by atoms with Crippen LogP contribution in [0.4, 0.5) is 0 Å². The number of nitrogens with zero attached hydrogens (tertiary/aromatic N) is 1. The molecule has 1 aliphatic heterocycles. The zero-order valence-electron chi connectivity index (χ0n) is 11.6. The molecule has 19 heavy (non-hydrogen) atoms. The topological polar surface area (TPSA) is 49.4 Å². The van der Waals surface area contributed by atoms with Crippen LogP contribution in [0.15, 0.2) is 30.3 Å². The first kappa shape index (κ1) is 13.6. The lowest BCUT2D eigenvalue weighted by atomic mass is 9.97. The van der Waals surface area contributed by atoms with Gasteiger partial charge in [0.25, 0.3) is 0 Å². The van der Waals surface area contributed by atoms with Gasteiger partial charge in [-0.1, -0.05) is 37.3 Å². The van der Waals surface area contributed by atoms with Crippen molar-refractivity contribution in [1.29, 1.82) is 0 Å². The highest BCUT2D eigenvalue weighted by molar-refractivity contribution is 5.97. The van der Waals surface area contributed by atoms with Gasteiger partial charge in [0.1, 0.15) is 12.1 Å². The fourth-order valence-corrected chi connectivity index (χ4v) is 2.45. The van der Waals surface area contributed by atoms with E-state index >= 15 is 0 Å². The smallest absolute Gasteiger partial charge is 0.248 e. The molecule has 1 aromatic carbocycles. The second-order valence-corrected chi connectivity index (χ2v) is 5.05. The summed E-state index contributed by atoms with van der Waals surface area (Å²) in [6, 6.07) is 8.56. The quantitative estimate of drug-likeness (QED) is 0.902. The van der Waals surface area contributed by atoms with Gasteiger partial charge in [-0.05, 0) is 25.8 Å². The van der Waals surface area contributed by atoms with Crippen LogP contribution in [0.3, 0.4) is 0 Å². The molecule has 3 atom stereocenters. The van der Waals surface area contributed by atoms with Gasteiger partial charge < -0.3 is 10.2 Å². The highest BCUT2D eigenvalue weighted by atomic mass is 16.2. The van der Waals surface area contributed by atoms with E-state index in [9.17, 15) is 9.59 Å². The van der Waals surface area contributed by atoms with Crippen LogP contribution < -0.4 is 5.32 Å². The average molecular weight is 260 g/mol. The van der Waals surface area contributed by atoms with Gasteiger partial charge in [-0.2, -0.15) is 0 Å². The predicted octanol–water partition coefficient (Wildman–Crippen LogP) is 1.87. The van der Waals surface area contributed by atoms with E-state index in [1.165, 1.54) is 0 Å². The lowest BCUT2D eigenvalue weighted by Crippen LogP contribution is -2.60. The van der Waals surface area contributed by atoms with E-state index in [1.807, 2.05) is 44.2 Å². The summed E-state index contributed by atoms with van der Waals surface area (Å²) in [6.45, 7) is 5.74. The number of amides is 2. The second-order valence-electron chi connectivity index (χ2n) is 5.05. The maximum atomic E-state index is 12.4. The molecule has 3 unspecified atom stereocenters. The summed E-state index contributed by atoms with van der Waals surface area (Å²) in [5.41, 5.74) is 0.862. The van der Waals surface area contributed by atoms with Gasteiger partial charge in [0, 0.05) is 6.04 Å². The van der Waals surface area contributed by atoms with Gasteiger partial charge >= 0.3 is 0 Å². The van der Waals surface area contributed by atoms with E-state index in [2.05, 4.69) is 5.32 Å². The number of hydrogen-bond donors (Lipinski definition) is 1. The molecular formula is C15H20N2O2. The maximum absolute atomic E-state index is 12.4. The van der Waals surface area contributed by atoms with Crippen molar-refractivity contribution in [3.05, 3.63) is 35.9 Å². The predicted molar refractivity (Wildman–Crippen MR) is 73.4 cm³/mol. The Morgan fingerprint density at radius 3 is 2.47 bits per heavy atom. The summed E-state index contributed by atoms with van der Waals surface area (Å²) in [6.07, 6.45) is 0.828. The first-order valence-corrected chi connectivity index (χ1v) is 6.73. The van der Waals surface area contributed by atoms with Gasteiger partial charge in [-0.3, -0.25) is 9.59 Å². The normalized spacial score (nSPS) is 25.1. The minimum Gasteiger partial charge on any atom is -0.342 e.